The van der Waals surface area contributed by atoms with Gasteiger partial charge in [0.05, 0.1) is 5.60 Å². The number of hydrogen-bond donors (Lipinski definition) is 0. The molecular weight excluding hydrogens is 428 g/mol. The van der Waals surface area contributed by atoms with Gasteiger partial charge in [0.15, 0.2) is 22.4 Å². The van der Waals surface area contributed by atoms with Crippen LogP contribution in [-0.4, -0.2) is 34.6 Å². The van der Waals surface area contributed by atoms with Gasteiger partial charge in [-0.15, -0.1) is 0 Å². The van der Waals surface area contributed by atoms with Crippen LogP contribution >= 0.6 is 0 Å². The minimum absolute atomic E-state index is 0.0109. The van der Waals surface area contributed by atoms with Gasteiger partial charge < -0.3 is 8.85 Å². The average molecular weight is 477 g/mol. The maximum absolute atomic E-state index is 12.5. The van der Waals surface area contributed by atoms with Crippen molar-refractivity contribution < 1.29 is 13.6 Å². The summed E-state index contributed by atoms with van der Waals surface area (Å²) < 4.78 is 13.6. The molecule has 0 aromatic rings. The lowest BCUT2D eigenvalue weighted by Crippen LogP contribution is -2.59. The van der Waals surface area contributed by atoms with Crippen molar-refractivity contribution in [2.45, 2.75) is 111 Å². The number of ketones is 1. The van der Waals surface area contributed by atoms with Gasteiger partial charge in [0.25, 0.3) is 0 Å². The zero-order valence-corrected chi connectivity index (χ0v) is 24.3. The van der Waals surface area contributed by atoms with Crippen LogP contribution in [0.25, 0.3) is 0 Å². The van der Waals surface area contributed by atoms with E-state index in [4.69, 9.17) is 8.85 Å². The second kappa shape index (κ2) is 7.89. The molecule has 5 heteroatoms. The van der Waals surface area contributed by atoms with E-state index >= 15 is 0 Å². The van der Waals surface area contributed by atoms with Crippen LogP contribution in [-0.2, 0) is 13.6 Å². The quantitative estimate of drug-likeness (QED) is 0.393. The van der Waals surface area contributed by atoms with Crippen LogP contribution in [0.5, 0.6) is 0 Å². The van der Waals surface area contributed by atoms with Crippen molar-refractivity contribution in [1.29, 1.82) is 0 Å². The minimum Gasteiger partial charge on any atom is -0.417 e. The molecule has 32 heavy (non-hydrogen) atoms. The molecule has 0 saturated heterocycles. The normalized spacial score (nSPS) is 44.5. The van der Waals surface area contributed by atoms with E-state index in [2.05, 4.69) is 66.1 Å². The Balaban J connectivity index is 1.71. The highest BCUT2D eigenvalue weighted by atomic mass is 28.4. The Morgan fingerprint density at radius 3 is 2.25 bits per heavy atom. The fraction of sp³-hybridized carbons (Fsp3) is 0.889. The SMILES string of the molecule is CC1C[C@@H]2[C@@H](CC[C@@]3(C)[C@H]2CCC3(C)O[Si](C)(C)C)[C@@]2(CO[Si](C)(C)C)CCC(=O)C=C12. The van der Waals surface area contributed by atoms with Crippen LogP contribution in [0.4, 0.5) is 0 Å². The number of fused-ring (bicyclic) bond motifs is 5. The standard InChI is InChI=1S/C27H48O3Si2/c1-19-16-21-22-12-14-26(3,30-32(7,8)9)25(22,2)13-11-23(21)27(18-29-31(4,5)6)15-10-20(28)17-24(19)27/h17,19,21-23H,10-16,18H2,1-9H3/t19?,21-,22-,23+,25-,26?,27-/m0/s1. The Kier molecular flexibility index (Phi) is 6.13. The zero-order chi connectivity index (χ0) is 23.7. The first-order valence-electron chi connectivity index (χ1n) is 13.2. The molecule has 0 amide bonds. The Labute approximate surface area is 199 Å². The molecule has 0 heterocycles. The summed E-state index contributed by atoms with van der Waals surface area (Å²) in [6.07, 6.45) is 10.0. The van der Waals surface area contributed by atoms with Crippen molar-refractivity contribution in [3.8, 4) is 0 Å². The summed E-state index contributed by atoms with van der Waals surface area (Å²) in [4.78, 5) is 12.5. The van der Waals surface area contributed by atoms with Crippen LogP contribution in [0, 0.1) is 34.5 Å². The smallest absolute Gasteiger partial charge is 0.184 e. The van der Waals surface area contributed by atoms with E-state index in [-0.39, 0.29) is 16.4 Å². The molecule has 3 fully saturated rings. The van der Waals surface area contributed by atoms with E-state index in [9.17, 15) is 4.79 Å². The molecule has 182 valence electrons. The summed E-state index contributed by atoms with van der Waals surface area (Å²) >= 11 is 0. The first-order chi connectivity index (χ1) is 14.6. The number of carbonyl (C=O) groups is 1. The molecular formula is C27H48O3Si2. The Morgan fingerprint density at radius 1 is 0.969 bits per heavy atom. The number of carbonyl (C=O) groups excluding carboxylic acids is 1. The zero-order valence-electron chi connectivity index (χ0n) is 22.3. The molecule has 4 aliphatic rings. The van der Waals surface area contributed by atoms with Gasteiger partial charge in [-0.1, -0.05) is 19.4 Å². The predicted molar refractivity (Wildman–Crippen MR) is 138 cm³/mol. The molecule has 0 aromatic heterocycles. The minimum atomic E-state index is -1.64. The molecule has 0 radical (unpaired) electrons. The highest BCUT2D eigenvalue weighted by molar-refractivity contribution is 6.70. The molecule has 4 rings (SSSR count). The monoisotopic (exact) mass is 476 g/mol. The lowest BCUT2D eigenvalue weighted by atomic mass is 9.44. The average Bonchev–Trinajstić information content (AvgIpc) is 2.90. The molecule has 3 saturated carbocycles. The molecule has 0 aliphatic heterocycles. The summed E-state index contributed by atoms with van der Waals surface area (Å²) in [5, 5.41) is 0. The van der Waals surface area contributed by atoms with E-state index in [1.165, 1.54) is 37.7 Å². The van der Waals surface area contributed by atoms with Gasteiger partial charge in [0, 0.05) is 18.4 Å². The fourth-order valence-electron chi connectivity index (χ4n) is 8.43. The Bertz CT molecular complexity index is 794. The maximum Gasteiger partial charge on any atom is 0.184 e. The highest BCUT2D eigenvalue weighted by Crippen LogP contribution is 2.69. The van der Waals surface area contributed by atoms with Gasteiger partial charge in [0.2, 0.25) is 0 Å². The number of hydrogen-bond acceptors (Lipinski definition) is 3. The van der Waals surface area contributed by atoms with Crippen LogP contribution in [0.2, 0.25) is 39.3 Å². The second-order valence-corrected chi connectivity index (χ2v) is 23.0. The highest BCUT2D eigenvalue weighted by Gasteiger charge is 2.65. The van der Waals surface area contributed by atoms with Gasteiger partial charge >= 0.3 is 0 Å². The summed E-state index contributed by atoms with van der Waals surface area (Å²) in [5.41, 5.74) is 1.80. The largest absolute Gasteiger partial charge is 0.417 e. The molecule has 0 bridgehead atoms. The summed E-state index contributed by atoms with van der Waals surface area (Å²) in [5.74, 6) is 2.94. The van der Waals surface area contributed by atoms with Gasteiger partial charge in [-0.2, -0.15) is 0 Å². The third kappa shape index (κ3) is 4.07. The van der Waals surface area contributed by atoms with Gasteiger partial charge in [-0.05, 0) is 120 Å². The third-order valence-corrected chi connectivity index (χ3v) is 11.9. The van der Waals surface area contributed by atoms with Gasteiger partial charge in [-0.25, -0.2) is 0 Å². The fourth-order valence-corrected chi connectivity index (χ4v) is 10.8. The lowest BCUT2D eigenvalue weighted by Gasteiger charge is -2.62. The van der Waals surface area contributed by atoms with Crippen molar-refractivity contribution in [2.75, 3.05) is 6.61 Å². The van der Waals surface area contributed by atoms with E-state index in [1.807, 2.05) is 0 Å². The van der Waals surface area contributed by atoms with Crippen molar-refractivity contribution in [2.24, 2.45) is 34.5 Å². The van der Waals surface area contributed by atoms with Crippen LogP contribution < -0.4 is 0 Å². The molecule has 0 aromatic carbocycles. The summed E-state index contributed by atoms with van der Waals surface area (Å²) in [6, 6.07) is 0. The lowest BCUT2D eigenvalue weighted by molar-refractivity contribution is -0.129. The molecule has 4 aliphatic carbocycles. The Hall–Kier alpha value is -0.236. The third-order valence-electron chi connectivity index (χ3n) is 9.84. The second-order valence-electron chi connectivity index (χ2n) is 14.1. The number of rotatable bonds is 5. The van der Waals surface area contributed by atoms with Gasteiger partial charge in [0.1, 0.15) is 0 Å². The van der Waals surface area contributed by atoms with Crippen molar-refractivity contribution in [3.05, 3.63) is 11.6 Å². The van der Waals surface area contributed by atoms with E-state index in [0.29, 0.717) is 24.0 Å². The first kappa shape index (κ1) is 24.9. The topological polar surface area (TPSA) is 35.5 Å². The molecule has 0 spiro atoms. The van der Waals surface area contributed by atoms with Crippen LogP contribution in [0.3, 0.4) is 0 Å². The van der Waals surface area contributed by atoms with Crippen LogP contribution in [0.1, 0.15) is 65.7 Å². The summed E-state index contributed by atoms with van der Waals surface area (Å²) in [6.45, 7) is 22.2. The van der Waals surface area contributed by atoms with Crippen molar-refractivity contribution in [3.63, 3.8) is 0 Å². The molecule has 2 unspecified atom stereocenters. The van der Waals surface area contributed by atoms with Crippen LogP contribution in [0.15, 0.2) is 11.6 Å². The van der Waals surface area contributed by atoms with Crippen molar-refractivity contribution >= 4 is 22.4 Å². The van der Waals surface area contributed by atoms with Gasteiger partial charge in [-0.3, -0.25) is 4.79 Å². The molecule has 3 nitrogen and oxygen atoms in total. The van der Waals surface area contributed by atoms with Crippen molar-refractivity contribution in [1.82, 2.24) is 0 Å². The van der Waals surface area contributed by atoms with E-state index in [0.717, 1.165) is 24.9 Å². The van der Waals surface area contributed by atoms with E-state index < -0.39 is 16.6 Å². The predicted octanol–water partition coefficient (Wildman–Crippen LogP) is 7.21. The first-order valence-corrected chi connectivity index (χ1v) is 20.0. The maximum atomic E-state index is 12.5. The molecule has 7 atom stereocenters. The Morgan fingerprint density at radius 2 is 1.62 bits per heavy atom. The molecule has 0 N–H and O–H groups in total. The van der Waals surface area contributed by atoms with E-state index in [1.54, 1.807) is 0 Å². The summed E-state index contributed by atoms with van der Waals surface area (Å²) in [7, 11) is -3.26.